The zero-order valence-electron chi connectivity index (χ0n) is 12.5. The fraction of sp³-hybridized carbons (Fsp3) is 0.133. The molecule has 1 heterocycles. The lowest BCUT2D eigenvalue weighted by Crippen LogP contribution is -2.21. The third kappa shape index (κ3) is 4.54. The highest BCUT2D eigenvalue weighted by Gasteiger charge is 2.16. The van der Waals surface area contributed by atoms with E-state index in [0.29, 0.717) is 11.5 Å². The Labute approximate surface area is 141 Å². The molecule has 24 heavy (non-hydrogen) atoms. The first kappa shape index (κ1) is 17.4. The van der Waals surface area contributed by atoms with Gasteiger partial charge in [0.2, 0.25) is 0 Å². The number of anilines is 1. The van der Waals surface area contributed by atoms with Gasteiger partial charge in [0.25, 0.3) is 5.91 Å². The normalized spacial score (nSPS) is 10.3. The summed E-state index contributed by atoms with van der Waals surface area (Å²) in [4.78, 5) is 33.8. The summed E-state index contributed by atoms with van der Waals surface area (Å²) >= 11 is 1.18. The number of hydrogen-bond donors (Lipinski definition) is 5. The largest absolute Gasteiger partial charge is 0.480 e. The number of primary amides is 2. The molecule has 126 valence electrons. The molecule has 0 bridgehead atoms. The monoisotopic (exact) mass is 348 g/mol. The Balaban J connectivity index is 2.26. The predicted molar refractivity (Wildman–Crippen MR) is 90.8 cm³/mol. The van der Waals surface area contributed by atoms with Crippen molar-refractivity contribution in [2.45, 2.75) is 6.54 Å². The molecule has 0 aliphatic carbocycles. The van der Waals surface area contributed by atoms with Gasteiger partial charge in [-0.25, -0.2) is 4.79 Å². The maximum absolute atomic E-state index is 11.5. The maximum Gasteiger partial charge on any atom is 0.317 e. The molecule has 0 atom stereocenters. The minimum atomic E-state index is -0.933. The number of amides is 3. The van der Waals surface area contributed by atoms with Crippen LogP contribution in [-0.4, -0.2) is 29.6 Å². The van der Waals surface area contributed by atoms with E-state index in [-0.39, 0.29) is 12.1 Å². The van der Waals surface area contributed by atoms with Gasteiger partial charge in [0.1, 0.15) is 5.00 Å². The number of carboxylic acids is 1. The zero-order chi connectivity index (χ0) is 17.7. The number of benzene rings is 1. The van der Waals surface area contributed by atoms with Crippen LogP contribution in [0.15, 0.2) is 30.3 Å². The second kappa shape index (κ2) is 7.57. The summed E-state index contributed by atoms with van der Waals surface area (Å²) in [6.07, 6.45) is 0. The van der Waals surface area contributed by atoms with E-state index in [0.717, 1.165) is 16.0 Å². The summed E-state index contributed by atoms with van der Waals surface area (Å²) in [7, 11) is 0. The van der Waals surface area contributed by atoms with Gasteiger partial charge in [-0.3, -0.25) is 14.9 Å². The van der Waals surface area contributed by atoms with Crippen molar-refractivity contribution in [1.82, 2.24) is 5.32 Å². The molecule has 7 N–H and O–H groups in total. The average molecular weight is 348 g/mol. The van der Waals surface area contributed by atoms with Crippen LogP contribution in [0.2, 0.25) is 0 Å². The quantitative estimate of drug-likeness (QED) is 0.509. The Morgan fingerprint density at radius 3 is 2.54 bits per heavy atom. The molecule has 8 nitrogen and oxygen atoms in total. The number of carbonyl (C=O) groups excluding carboxylic acids is 2. The van der Waals surface area contributed by atoms with Crippen LogP contribution in [0, 0.1) is 0 Å². The van der Waals surface area contributed by atoms with Crippen LogP contribution in [-0.2, 0) is 11.3 Å². The van der Waals surface area contributed by atoms with Gasteiger partial charge in [0.15, 0.2) is 0 Å². The van der Waals surface area contributed by atoms with Gasteiger partial charge < -0.3 is 21.9 Å². The van der Waals surface area contributed by atoms with Gasteiger partial charge >= 0.3 is 12.0 Å². The Hall–Kier alpha value is -2.91. The van der Waals surface area contributed by atoms with E-state index in [1.807, 2.05) is 24.3 Å². The van der Waals surface area contributed by atoms with E-state index in [1.165, 1.54) is 11.3 Å². The molecule has 1 aromatic carbocycles. The van der Waals surface area contributed by atoms with Crippen molar-refractivity contribution in [1.29, 1.82) is 0 Å². The van der Waals surface area contributed by atoms with Gasteiger partial charge in [-0.2, -0.15) is 0 Å². The average Bonchev–Trinajstić information content (AvgIpc) is 2.90. The Morgan fingerprint density at radius 1 is 1.17 bits per heavy atom. The van der Waals surface area contributed by atoms with E-state index in [2.05, 4.69) is 10.6 Å². The summed E-state index contributed by atoms with van der Waals surface area (Å²) in [6, 6.07) is 8.17. The standard InChI is InChI=1S/C15H16N4O4S/c16-13(22)10-5-11(24-14(10)19-15(17)23)9-3-1-2-8(4-9)6-18-7-12(20)21/h1-5,18H,6-7H2,(H2,16,22)(H,20,21)(H3,17,19,23). The SMILES string of the molecule is NC(=O)Nc1sc(-c2cccc(CNCC(=O)O)c2)cc1C(N)=O. The van der Waals surface area contributed by atoms with Crippen LogP contribution in [0.5, 0.6) is 0 Å². The molecule has 0 fully saturated rings. The summed E-state index contributed by atoms with van der Waals surface area (Å²) in [5, 5.41) is 14.1. The maximum atomic E-state index is 11.5. The molecule has 2 aromatic rings. The highest BCUT2D eigenvalue weighted by Crippen LogP contribution is 2.35. The molecule has 9 heteroatoms. The van der Waals surface area contributed by atoms with Crippen LogP contribution in [0.1, 0.15) is 15.9 Å². The third-order valence-electron chi connectivity index (χ3n) is 3.05. The predicted octanol–water partition coefficient (Wildman–Crippen LogP) is 1.18. The lowest BCUT2D eigenvalue weighted by Gasteiger charge is -2.04. The van der Waals surface area contributed by atoms with Gasteiger partial charge in [-0.1, -0.05) is 18.2 Å². The van der Waals surface area contributed by atoms with E-state index in [9.17, 15) is 14.4 Å². The minimum absolute atomic E-state index is 0.137. The first-order valence-corrected chi connectivity index (χ1v) is 7.70. The minimum Gasteiger partial charge on any atom is -0.480 e. The van der Waals surface area contributed by atoms with Crippen molar-refractivity contribution in [2.75, 3.05) is 11.9 Å². The fourth-order valence-electron chi connectivity index (χ4n) is 2.07. The van der Waals surface area contributed by atoms with Crippen LogP contribution in [0.3, 0.4) is 0 Å². The van der Waals surface area contributed by atoms with Crippen molar-refractivity contribution >= 4 is 34.2 Å². The van der Waals surface area contributed by atoms with E-state index >= 15 is 0 Å². The van der Waals surface area contributed by atoms with Crippen LogP contribution in [0.4, 0.5) is 9.80 Å². The fourth-order valence-corrected chi connectivity index (χ4v) is 3.13. The van der Waals surface area contributed by atoms with Crippen molar-refractivity contribution in [3.8, 4) is 10.4 Å². The number of nitrogens with one attached hydrogen (secondary N) is 2. The molecule has 0 aliphatic heterocycles. The molecule has 0 aliphatic rings. The zero-order valence-corrected chi connectivity index (χ0v) is 13.4. The number of aliphatic carboxylic acids is 1. The molecule has 0 saturated heterocycles. The van der Waals surface area contributed by atoms with Gasteiger partial charge in [-0.05, 0) is 23.3 Å². The lowest BCUT2D eigenvalue weighted by molar-refractivity contribution is -0.136. The van der Waals surface area contributed by atoms with E-state index in [1.54, 1.807) is 6.07 Å². The molecular formula is C15H16N4O4S. The van der Waals surface area contributed by atoms with E-state index < -0.39 is 17.9 Å². The molecule has 0 radical (unpaired) electrons. The molecule has 0 saturated carbocycles. The Bertz CT molecular complexity index is 788. The van der Waals surface area contributed by atoms with Crippen LogP contribution < -0.4 is 22.1 Å². The number of rotatable bonds is 7. The van der Waals surface area contributed by atoms with Gasteiger partial charge in [0.05, 0.1) is 12.1 Å². The first-order chi connectivity index (χ1) is 11.4. The van der Waals surface area contributed by atoms with Gasteiger partial charge in [0, 0.05) is 11.4 Å². The topological polar surface area (TPSA) is 148 Å². The summed E-state index contributed by atoms with van der Waals surface area (Å²) < 4.78 is 0. The summed E-state index contributed by atoms with van der Waals surface area (Å²) in [5.74, 6) is -1.60. The highest BCUT2D eigenvalue weighted by molar-refractivity contribution is 7.20. The smallest absolute Gasteiger partial charge is 0.317 e. The summed E-state index contributed by atoms with van der Waals surface area (Å²) in [5.41, 5.74) is 12.3. The van der Waals surface area contributed by atoms with Crippen LogP contribution in [0.25, 0.3) is 10.4 Å². The highest BCUT2D eigenvalue weighted by atomic mass is 32.1. The molecule has 2 rings (SSSR count). The van der Waals surface area contributed by atoms with E-state index in [4.69, 9.17) is 16.6 Å². The molecule has 3 amide bonds. The second-order valence-electron chi connectivity index (χ2n) is 4.90. The molecular weight excluding hydrogens is 332 g/mol. The van der Waals surface area contributed by atoms with Crippen molar-refractivity contribution < 1.29 is 19.5 Å². The number of urea groups is 1. The van der Waals surface area contributed by atoms with Crippen molar-refractivity contribution in [3.05, 3.63) is 41.5 Å². The Kier molecular flexibility index (Phi) is 5.51. The van der Waals surface area contributed by atoms with Crippen molar-refractivity contribution in [2.24, 2.45) is 11.5 Å². The number of hydrogen-bond acceptors (Lipinski definition) is 5. The number of nitrogens with two attached hydrogens (primary N) is 2. The molecule has 1 aromatic heterocycles. The van der Waals surface area contributed by atoms with Crippen molar-refractivity contribution in [3.63, 3.8) is 0 Å². The first-order valence-electron chi connectivity index (χ1n) is 6.88. The molecule has 0 spiro atoms. The number of carbonyl (C=O) groups is 3. The second-order valence-corrected chi connectivity index (χ2v) is 5.96. The van der Waals surface area contributed by atoms with Gasteiger partial charge in [-0.15, -0.1) is 11.3 Å². The Morgan fingerprint density at radius 2 is 1.92 bits per heavy atom. The number of thiophene rings is 1. The lowest BCUT2D eigenvalue weighted by atomic mass is 10.1. The molecule has 0 unspecified atom stereocenters. The summed E-state index contributed by atoms with van der Waals surface area (Å²) in [6.45, 7) is 0.252. The number of carboxylic acid groups (broad SMARTS) is 1. The third-order valence-corrected chi connectivity index (χ3v) is 4.15. The van der Waals surface area contributed by atoms with Crippen LogP contribution >= 0.6 is 11.3 Å².